The maximum atomic E-state index is 12.9. The topological polar surface area (TPSA) is 98.1 Å². The van der Waals surface area contributed by atoms with Gasteiger partial charge in [0.15, 0.2) is 5.76 Å². The highest BCUT2D eigenvalue weighted by Gasteiger charge is 2.26. The van der Waals surface area contributed by atoms with E-state index in [4.69, 9.17) is 13.9 Å². The predicted molar refractivity (Wildman–Crippen MR) is 113 cm³/mol. The molecule has 2 heterocycles. The van der Waals surface area contributed by atoms with E-state index < -0.39 is 15.9 Å². The van der Waals surface area contributed by atoms with E-state index in [0.717, 1.165) is 0 Å². The third kappa shape index (κ3) is 4.96. The monoisotopic (exact) mass is 442 g/mol. The molecule has 1 saturated heterocycles. The number of hydrogen-bond acceptors (Lipinski definition) is 6. The minimum absolute atomic E-state index is 0.109. The molecule has 0 saturated carbocycles. The molecule has 9 heteroatoms. The zero-order chi connectivity index (χ0) is 21.7. The summed E-state index contributed by atoms with van der Waals surface area (Å²) in [5.41, 5.74) is 0.934. The summed E-state index contributed by atoms with van der Waals surface area (Å²) in [5.74, 6) is 0.297. The fourth-order valence-corrected chi connectivity index (χ4v) is 4.64. The molecule has 162 valence electrons. The van der Waals surface area contributed by atoms with Crippen molar-refractivity contribution in [2.45, 2.75) is 11.5 Å². The number of hydrogen-bond donors (Lipinski definition) is 1. The number of nitrogens with one attached hydrogen (secondary N) is 1. The van der Waals surface area contributed by atoms with Crippen LogP contribution in [0, 0.1) is 0 Å². The van der Waals surface area contributed by atoms with Crippen LogP contribution in [-0.2, 0) is 21.4 Å². The average Bonchev–Trinajstić information content (AvgIpc) is 3.28. The zero-order valence-corrected chi connectivity index (χ0v) is 17.5. The molecule has 2 aromatic carbocycles. The Kier molecular flexibility index (Phi) is 6.36. The molecular weight excluding hydrogens is 420 g/mol. The van der Waals surface area contributed by atoms with Crippen molar-refractivity contribution in [1.29, 1.82) is 0 Å². The number of morpholine rings is 1. The van der Waals surface area contributed by atoms with Crippen LogP contribution >= 0.6 is 0 Å². The van der Waals surface area contributed by atoms with Crippen LogP contribution < -0.4 is 10.1 Å². The van der Waals surface area contributed by atoms with Gasteiger partial charge >= 0.3 is 0 Å². The van der Waals surface area contributed by atoms with Gasteiger partial charge in [-0.2, -0.15) is 4.31 Å². The predicted octanol–water partition coefficient (Wildman–Crippen LogP) is 3.13. The molecule has 0 unspecified atom stereocenters. The summed E-state index contributed by atoms with van der Waals surface area (Å²) in [6.45, 7) is 1.49. The van der Waals surface area contributed by atoms with Crippen LogP contribution in [0.2, 0.25) is 0 Å². The maximum absolute atomic E-state index is 12.9. The van der Waals surface area contributed by atoms with Crippen molar-refractivity contribution in [3.05, 3.63) is 78.3 Å². The van der Waals surface area contributed by atoms with E-state index >= 15 is 0 Å². The molecule has 0 radical (unpaired) electrons. The SMILES string of the molecule is O=C(Nc1cccc(S(=O)(=O)N2CCOCC2)c1)c1occc1COc1ccccc1. The van der Waals surface area contributed by atoms with Gasteiger partial charge < -0.3 is 19.2 Å². The quantitative estimate of drug-likeness (QED) is 0.604. The van der Waals surface area contributed by atoms with Gasteiger partial charge in [0.2, 0.25) is 10.0 Å². The average molecular weight is 442 g/mol. The Morgan fingerprint density at radius 2 is 1.81 bits per heavy atom. The van der Waals surface area contributed by atoms with Crippen molar-refractivity contribution in [2.24, 2.45) is 0 Å². The Balaban J connectivity index is 1.46. The van der Waals surface area contributed by atoms with E-state index in [2.05, 4.69) is 5.32 Å². The minimum atomic E-state index is -3.66. The van der Waals surface area contributed by atoms with E-state index in [1.807, 2.05) is 30.3 Å². The Bertz CT molecular complexity index is 1140. The molecule has 1 amide bonds. The first-order valence-electron chi connectivity index (χ1n) is 9.77. The molecule has 31 heavy (non-hydrogen) atoms. The van der Waals surface area contributed by atoms with Crippen LogP contribution in [0.4, 0.5) is 5.69 Å². The summed E-state index contributed by atoms with van der Waals surface area (Å²) in [5, 5.41) is 2.70. The second-order valence-corrected chi connectivity index (χ2v) is 8.81. The number of amides is 1. The molecule has 0 aliphatic carbocycles. The van der Waals surface area contributed by atoms with Gasteiger partial charge in [0.05, 0.1) is 24.4 Å². The second-order valence-electron chi connectivity index (χ2n) is 6.88. The van der Waals surface area contributed by atoms with Gasteiger partial charge in [0.1, 0.15) is 12.4 Å². The van der Waals surface area contributed by atoms with Crippen molar-refractivity contribution < 1.29 is 27.1 Å². The summed E-state index contributed by atoms with van der Waals surface area (Å²) in [6, 6.07) is 17.1. The van der Waals surface area contributed by atoms with Gasteiger partial charge in [-0.25, -0.2) is 8.42 Å². The molecule has 3 aromatic rings. The van der Waals surface area contributed by atoms with Crippen molar-refractivity contribution in [3.8, 4) is 5.75 Å². The van der Waals surface area contributed by atoms with Crippen molar-refractivity contribution in [1.82, 2.24) is 4.31 Å². The lowest BCUT2D eigenvalue weighted by Crippen LogP contribution is -2.40. The fraction of sp³-hybridized carbons (Fsp3) is 0.227. The van der Waals surface area contributed by atoms with Crippen LogP contribution in [0.1, 0.15) is 16.1 Å². The number of carbonyl (C=O) groups excluding carboxylic acids is 1. The lowest BCUT2D eigenvalue weighted by atomic mass is 10.2. The third-order valence-electron chi connectivity index (χ3n) is 4.79. The van der Waals surface area contributed by atoms with Gasteiger partial charge in [-0.3, -0.25) is 4.79 Å². The number of rotatable bonds is 7. The fourth-order valence-electron chi connectivity index (χ4n) is 3.18. The molecular formula is C22H22N2O6S. The largest absolute Gasteiger partial charge is 0.489 e. The Hall–Kier alpha value is -3.14. The van der Waals surface area contributed by atoms with Crippen LogP contribution in [0.25, 0.3) is 0 Å². The zero-order valence-electron chi connectivity index (χ0n) is 16.7. The highest BCUT2D eigenvalue weighted by molar-refractivity contribution is 7.89. The molecule has 1 aromatic heterocycles. The van der Waals surface area contributed by atoms with Gasteiger partial charge in [-0.15, -0.1) is 0 Å². The smallest absolute Gasteiger partial charge is 0.291 e. The summed E-state index contributed by atoms with van der Waals surface area (Å²) in [7, 11) is -3.66. The first kappa shape index (κ1) is 21.1. The summed E-state index contributed by atoms with van der Waals surface area (Å²) >= 11 is 0. The molecule has 0 spiro atoms. The number of ether oxygens (including phenoxy) is 2. The van der Waals surface area contributed by atoms with E-state index in [0.29, 0.717) is 43.3 Å². The van der Waals surface area contributed by atoms with Crippen molar-refractivity contribution in [3.63, 3.8) is 0 Å². The van der Waals surface area contributed by atoms with Gasteiger partial charge in [-0.05, 0) is 36.4 Å². The van der Waals surface area contributed by atoms with Crippen molar-refractivity contribution >= 4 is 21.6 Å². The second kappa shape index (κ2) is 9.34. The molecule has 4 rings (SSSR count). The minimum Gasteiger partial charge on any atom is -0.489 e. The van der Waals surface area contributed by atoms with Gasteiger partial charge in [-0.1, -0.05) is 24.3 Å². The lowest BCUT2D eigenvalue weighted by molar-refractivity contribution is 0.0730. The van der Waals surface area contributed by atoms with E-state index in [9.17, 15) is 13.2 Å². The van der Waals surface area contributed by atoms with E-state index in [1.54, 1.807) is 18.2 Å². The number of furan rings is 1. The molecule has 8 nitrogen and oxygen atoms in total. The highest BCUT2D eigenvalue weighted by atomic mass is 32.2. The first-order chi connectivity index (χ1) is 15.0. The van der Waals surface area contributed by atoms with Crippen LogP contribution in [-0.4, -0.2) is 44.9 Å². The first-order valence-corrected chi connectivity index (χ1v) is 11.2. The van der Waals surface area contributed by atoms with Gasteiger partial charge in [0, 0.05) is 24.3 Å². The number of nitrogens with zero attached hydrogens (tertiary/aromatic N) is 1. The van der Waals surface area contributed by atoms with Crippen LogP contribution in [0.15, 0.2) is 76.2 Å². The van der Waals surface area contributed by atoms with Crippen LogP contribution in [0.5, 0.6) is 5.75 Å². The number of carbonyl (C=O) groups is 1. The number of benzene rings is 2. The van der Waals surface area contributed by atoms with Crippen LogP contribution in [0.3, 0.4) is 0 Å². The molecule has 1 aliphatic rings. The summed E-state index contributed by atoms with van der Waals surface area (Å²) < 4.78 is 43.3. The molecule has 1 N–H and O–H groups in total. The summed E-state index contributed by atoms with van der Waals surface area (Å²) in [6.07, 6.45) is 1.41. The Morgan fingerprint density at radius 3 is 2.58 bits per heavy atom. The van der Waals surface area contributed by atoms with Gasteiger partial charge in [0.25, 0.3) is 5.91 Å². The maximum Gasteiger partial charge on any atom is 0.291 e. The third-order valence-corrected chi connectivity index (χ3v) is 6.68. The number of sulfonamides is 1. The van der Waals surface area contributed by atoms with Crippen molar-refractivity contribution in [2.75, 3.05) is 31.6 Å². The van der Waals surface area contributed by atoms with E-state index in [1.165, 1.54) is 22.7 Å². The highest BCUT2D eigenvalue weighted by Crippen LogP contribution is 2.22. The standard InChI is InChI=1S/C22H22N2O6S/c25-22(21-17(9-12-29-21)16-30-19-6-2-1-3-7-19)23-18-5-4-8-20(15-18)31(26,27)24-10-13-28-14-11-24/h1-9,12,15H,10-11,13-14,16H2,(H,23,25). The number of para-hydroxylation sites is 1. The molecule has 1 fully saturated rings. The lowest BCUT2D eigenvalue weighted by Gasteiger charge is -2.26. The number of anilines is 1. The molecule has 0 atom stereocenters. The van der Waals surface area contributed by atoms with E-state index in [-0.39, 0.29) is 17.3 Å². The Morgan fingerprint density at radius 1 is 1.03 bits per heavy atom. The summed E-state index contributed by atoms with van der Waals surface area (Å²) in [4.78, 5) is 12.8. The molecule has 0 bridgehead atoms. The normalized spacial score (nSPS) is 14.8. The molecule has 1 aliphatic heterocycles. The Labute approximate surface area is 180 Å².